The number of nitrogens with zero attached hydrogens (tertiary/aromatic N) is 1. The van der Waals surface area contributed by atoms with E-state index in [9.17, 15) is 10.1 Å². The van der Waals surface area contributed by atoms with Gasteiger partial charge in [-0.3, -0.25) is 10.1 Å². The number of aromatic amines is 1. The summed E-state index contributed by atoms with van der Waals surface area (Å²) in [5.41, 5.74) is 3.65. The molecule has 0 spiro atoms. The Bertz CT molecular complexity index is 775. The fourth-order valence-electron chi connectivity index (χ4n) is 2.26. The summed E-state index contributed by atoms with van der Waals surface area (Å²) in [5.74, 6) is 0. The first-order valence-electron chi connectivity index (χ1n) is 5.98. The minimum atomic E-state index is -0.355. The van der Waals surface area contributed by atoms with Gasteiger partial charge in [-0.2, -0.15) is 0 Å². The lowest BCUT2D eigenvalue weighted by molar-refractivity contribution is -0.384. The van der Waals surface area contributed by atoms with Crippen molar-refractivity contribution in [2.24, 2.45) is 0 Å². The fourth-order valence-corrected chi connectivity index (χ4v) is 2.26. The van der Waals surface area contributed by atoms with Crippen LogP contribution in [0.15, 0.2) is 48.5 Å². The maximum absolute atomic E-state index is 11.1. The Kier molecular flexibility index (Phi) is 2.56. The van der Waals surface area contributed by atoms with E-state index >= 15 is 0 Å². The van der Waals surface area contributed by atoms with Gasteiger partial charge in [0, 0.05) is 17.0 Å². The number of fused-ring (bicyclic) bond motifs is 1. The van der Waals surface area contributed by atoms with Crippen LogP contribution in [0.2, 0.25) is 0 Å². The van der Waals surface area contributed by atoms with Gasteiger partial charge in [-0.25, -0.2) is 0 Å². The Morgan fingerprint density at radius 2 is 1.89 bits per heavy atom. The summed E-state index contributed by atoms with van der Waals surface area (Å²) in [7, 11) is 0. The largest absolute Gasteiger partial charge is 0.354 e. The molecule has 0 amide bonds. The fraction of sp³-hybridized carbons (Fsp3) is 0.0667. The lowest BCUT2D eigenvalue weighted by Crippen LogP contribution is -1.91. The second-order valence-electron chi connectivity index (χ2n) is 4.55. The van der Waals surface area contributed by atoms with Crippen molar-refractivity contribution in [3.8, 4) is 11.3 Å². The van der Waals surface area contributed by atoms with Gasteiger partial charge in [0.1, 0.15) is 0 Å². The van der Waals surface area contributed by atoms with E-state index in [1.54, 1.807) is 18.2 Å². The van der Waals surface area contributed by atoms with Crippen LogP contribution < -0.4 is 0 Å². The molecule has 1 aromatic heterocycles. The van der Waals surface area contributed by atoms with Crippen LogP contribution in [0.1, 0.15) is 5.56 Å². The molecule has 3 rings (SSSR count). The van der Waals surface area contributed by atoms with Crippen molar-refractivity contribution < 1.29 is 4.92 Å². The third kappa shape index (κ3) is 1.97. The SMILES string of the molecule is Cc1ccc2[nH]c(-c3ccccc3[N+](=O)[O-])cc2c1. The predicted octanol–water partition coefficient (Wildman–Crippen LogP) is 4.05. The Hall–Kier alpha value is -2.62. The normalized spacial score (nSPS) is 10.8. The third-order valence-electron chi connectivity index (χ3n) is 3.17. The zero-order valence-corrected chi connectivity index (χ0v) is 10.4. The number of hydrogen-bond acceptors (Lipinski definition) is 2. The minimum absolute atomic E-state index is 0.116. The van der Waals surface area contributed by atoms with Gasteiger partial charge in [0.05, 0.1) is 16.2 Å². The van der Waals surface area contributed by atoms with E-state index in [1.165, 1.54) is 11.6 Å². The second-order valence-corrected chi connectivity index (χ2v) is 4.55. The number of para-hydroxylation sites is 1. The summed E-state index contributed by atoms with van der Waals surface area (Å²) in [6.07, 6.45) is 0. The van der Waals surface area contributed by atoms with Crippen LogP contribution in [-0.2, 0) is 0 Å². The molecule has 3 aromatic rings. The molecular formula is C15H12N2O2. The molecule has 0 aliphatic carbocycles. The first-order chi connectivity index (χ1) is 9.15. The van der Waals surface area contributed by atoms with Crippen molar-refractivity contribution >= 4 is 16.6 Å². The number of nitrogens with one attached hydrogen (secondary N) is 1. The number of rotatable bonds is 2. The smallest absolute Gasteiger partial charge is 0.278 e. The summed E-state index contributed by atoms with van der Waals surface area (Å²) in [6.45, 7) is 2.02. The molecule has 1 heterocycles. The number of nitro benzene ring substituents is 1. The summed E-state index contributed by atoms with van der Waals surface area (Å²) >= 11 is 0. The van der Waals surface area contributed by atoms with Crippen molar-refractivity contribution in [3.05, 3.63) is 64.2 Å². The van der Waals surface area contributed by atoms with Gasteiger partial charge in [0.15, 0.2) is 0 Å². The standard InChI is InChI=1S/C15H12N2O2/c1-10-6-7-13-11(8-10)9-14(16-13)12-4-2-3-5-15(12)17(18)19/h2-9,16H,1H3. The molecule has 0 saturated heterocycles. The van der Waals surface area contributed by atoms with E-state index < -0.39 is 0 Å². The molecule has 4 nitrogen and oxygen atoms in total. The van der Waals surface area contributed by atoms with E-state index in [0.29, 0.717) is 5.56 Å². The Labute approximate surface area is 109 Å². The van der Waals surface area contributed by atoms with Crippen molar-refractivity contribution in [2.45, 2.75) is 6.92 Å². The molecular weight excluding hydrogens is 240 g/mol. The molecule has 0 aliphatic rings. The van der Waals surface area contributed by atoms with E-state index in [2.05, 4.69) is 11.1 Å². The van der Waals surface area contributed by atoms with Gasteiger partial charge in [-0.05, 0) is 31.2 Å². The molecule has 4 heteroatoms. The molecule has 94 valence electrons. The van der Waals surface area contributed by atoms with Crippen LogP contribution in [0, 0.1) is 17.0 Å². The third-order valence-corrected chi connectivity index (χ3v) is 3.17. The zero-order valence-electron chi connectivity index (χ0n) is 10.4. The van der Waals surface area contributed by atoms with Crippen LogP contribution in [0.5, 0.6) is 0 Å². The van der Waals surface area contributed by atoms with Gasteiger partial charge in [-0.15, -0.1) is 0 Å². The first-order valence-corrected chi connectivity index (χ1v) is 5.98. The number of hydrogen-bond donors (Lipinski definition) is 1. The average molecular weight is 252 g/mol. The zero-order chi connectivity index (χ0) is 13.4. The van der Waals surface area contributed by atoms with E-state index in [1.807, 2.05) is 25.1 Å². The van der Waals surface area contributed by atoms with E-state index in [-0.39, 0.29) is 10.6 Å². The van der Waals surface area contributed by atoms with E-state index in [0.717, 1.165) is 16.6 Å². The molecule has 0 saturated carbocycles. The summed E-state index contributed by atoms with van der Waals surface area (Å²) in [6, 6.07) is 14.8. The number of benzene rings is 2. The van der Waals surface area contributed by atoms with Crippen LogP contribution in [0.3, 0.4) is 0 Å². The van der Waals surface area contributed by atoms with Crippen molar-refractivity contribution in [1.29, 1.82) is 0 Å². The maximum Gasteiger partial charge on any atom is 0.278 e. The summed E-state index contributed by atoms with van der Waals surface area (Å²) in [4.78, 5) is 13.9. The van der Waals surface area contributed by atoms with Gasteiger partial charge in [0.2, 0.25) is 0 Å². The first kappa shape index (κ1) is 11.5. The lowest BCUT2D eigenvalue weighted by Gasteiger charge is -1.99. The number of nitro groups is 1. The highest BCUT2D eigenvalue weighted by Gasteiger charge is 2.15. The number of aryl methyl sites for hydroxylation is 1. The van der Waals surface area contributed by atoms with Crippen LogP contribution in [0.4, 0.5) is 5.69 Å². The highest BCUT2D eigenvalue weighted by atomic mass is 16.6. The highest BCUT2D eigenvalue weighted by Crippen LogP contribution is 2.31. The van der Waals surface area contributed by atoms with Crippen molar-refractivity contribution in [1.82, 2.24) is 4.98 Å². The molecule has 2 aromatic carbocycles. The topological polar surface area (TPSA) is 58.9 Å². The average Bonchev–Trinajstić information content (AvgIpc) is 2.81. The number of aromatic nitrogens is 1. The Morgan fingerprint density at radius 3 is 2.68 bits per heavy atom. The molecule has 0 atom stereocenters. The van der Waals surface area contributed by atoms with Crippen molar-refractivity contribution in [2.75, 3.05) is 0 Å². The van der Waals surface area contributed by atoms with Crippen LogP contribution in [-0.4, -0.2) is 9.91 Å². The summed E-state index contributed by atoms with van der Waals surface area (Å²) in [5, 5.41) is 12.1. The lowest BCUT2D eigenvalue weighted by atomic mass is 10.1. The molecule has 0 aliphatic heterocycles. The van der Waals surface area contributed by atoms with Gasteiger partial charge >= 0.3 is 0 Å². The van der Waals surface area contributed by atoms with Crippen LogP contribution >= 0.6 is 0 Å². The number of H-pyrrole nitrogens is 1. The van der Waals surface area contributed by atoms with Crippen molar-refractivity contribution in [3.63, 3.8) is 0 Å². The Balaban J connectivity index is 2.22. The van der Waals surface area contributed by atoms with E-state index in [4.69, 9.17) is 0 Å². The Morgan fingerprint density at radius 1 is 1.11 bits per heavy atom. The minimum Gasteiger partial charge on any atom is -0.354 e. The maximum atomic E-state index is 11.1. The molecule has 0 bridgehead atoms. The molecule has 19 heavy (non-hydrogen) atoms. The van der Waals surface area contributed by atoms with Gasteiger partial charge in [0.25, 0.3) is 5.69 Å². The van der Waals surface area contributed by atoms with Gasteiger partial charge < -0.3 is 4.98 Å². The predicted molar refractivity (Wildman–Crippen MR) is 75.1 cm³/mol. The highest BCUT2D eigenvalue weighted by molar-refractivity contribution is 5.88. The molecule has 1 N–H and O–H groups in total. The quantitative estimate of drug-likeness (QED) is 0.552. The molecule has 0 unspecified atom stereocenters. The summed E-state index contributed by atoms with van der Waals surface area (Å²) < 4.78 is 0. The molecule has 0 radical (unpaired) electrons. The second kappa shape index (κ2) is 4.24. The molecule has 0 fully saturated rings. The van der Waals surface area contributed by atoms with Crippen LogP contribution in [0.25, 0.3) is 22.2 Å². The van der Waals surface area contributed by atoms with Gasteiger partial charge in [-0.1, -0.05) is 23.8 Å². The monoisotopic (exact) mass is 252 g/mol.